The molecule has 0 amide bonds. The highest BCUT2D eigenvalue weighted by Gasteiger charge is 1.89. The van der Waals surface area contributed by atoms with Crippen LogP contribution in [-0.2, 0) is 0 Å². The van der Waals surface area contributed by atoms with Crippen LogP contribution in [-0.4, -0.2) is 105 Å². The van der Waals surface area contributed by atoms with Gasteiger partial charge >= 0.3 is 0 Å². The Hall–Kier alpha value is -0.175. The molecule has 0 rings (SSSR count). The second-order valence-corrected chi connectivity index (χ2v) is 8.34. The summed E-state index contributed by atoms with van der Waals surface area (Å²) >= 11 is 0. The van der Waals surface area contributed by atoms with Crippen LogP contribution in [0.15, 0.2) is 0 Å². The molecule has 0 aromatic rings. The molecular formula is C12H36BN3O3. The van der Waals surface area contributed by atoms with E-state index >= 15 is 0 Å². The highest BCUT2D eigenvalue weighted by molar-refractivity contribution is 6.24. The molecule has 0 aliphatic rings. The molecule has 0 bridgehead atoms. The van der Waals surface area contributed by atoms with Crippen LogP contribution >= 0.6 is 0 Å². The second kappa shape index (κ2) is 11.6. The summed E-state index contributed by atoms with van der Waals surface area (Å²) in [6.07, 6.45) is 0. The molecule has 0 saturated heterocycles. The van der Waals surface area contributed by atoms with E-state index in [-0.39, 0.29) is 0 Å². The van der Waals surface area contributed by atoms with Gasteiger partial charge in [-0.15, -0.1) is 0 Å². The number of hydrogen-bond acceptors (Lipinski definition) is 3. The van der Waals surface area contributed by atoms with Gasteiger partial charge in [-0.05, 0) is 0 Å². The predicted octanol–water partition coefficient (Wildman–Crippen LogP) is -2.98. The van der Waals surface area contributed by atoms with Gasteiger partial charge in [0.05, 0.1) is 84.6 Å². The first-order chi connectivity index (χ1) is 7.73. The van der Waals surface area contributed by atoms with Crippen LogP contribution in [0.25, 0.3) is 0 Å². The van der Waals surface area contributed by atoms with Crippen molar-refractivity contribution in [3.05, 3.63) is 0 Å². The third-order valence-corrected chi connectivity index (χ3v) is 0. The van der Waals surface area contributed by atoms with Crippen molar-refractivity contribution in [3.63, 3.8) is 0 Å². The van der Waals surface area contributed by atoms with Crippen LogP contribution in [0.4, 0.5) is 0 Å². The normalized spacial score (nSPS) is 10.9. The summed E-state index contributed by atoms with van der Waals surface area (Å²) in [4.78, 5) is 0. The quantitative estimate of drug-likeness (QED) is 0.351. The summed E-state index contributed by atoms with van der Waals surface area (Å²) in [6.45, 7) is 0. The largest absolute Gasteiger partial charge is 0.907 e. The van der Waals surface area contributed by atoms with Gasteiger partial charge in [0.2, 0.25) is 0 Å². The molecule has 0 spiro atoms. The Kier molecular flexibility index (Phi) is 16.7. The van der Waals surface area contributed by atoms with Crippen molar-refractivity contribution in [3.8, 4) is 0 Å². The Bertz CT molecular complexity index is 133. The lowest BCUT2D eigenvalue weighted by molar-refractivity contribution is -0.849. The van der Waals surface area contributed by atoms with Gasteiger partial charge in [0.15, 0.2) is 0 Å². The summed E-state index contributed by atoms with van der Waals surface area (Å²) in [6, 6.07) is 0. The lowest BCUT2D eigenvalue weighted by Crippen LogP contribution is -2.56. The van der Waals surface area contributed by atoms with Gasteiger partial charge < -0.3 is 28.5 Å². The van der Waals surface area contributed by atoms with Crippen molar-refractivity contribution in [2.45, 2.75) is 0 Å². The summed E-state index contributed by atoms with van der Waals surface area (Å²) in [5, 5.41) is 25.2. The van der Waals surface area contributed by atoms with E-state index in [1.165, 1.54) is 0 Å². The number of quaternary nitrogens is 3. The zero-order chi connectivity index (χ0) is 17.1. The van der Waals surface area contributed by atoms with Crippen molar-refractivity contribution >= 4 is 7.32 Å². The lowest BCUT2D eigenvalue weighted by Gasteiger charge is -2.35. The van der Waals surface area contributed by atoms with E-state index in [4.69, 9.17) is 15.1 Å². The van der Waals surface area contributed by atoms with Crippen molar-refractivity contribution in [2.24, 2.45) is 0 Å². The Labute approximate surface area is 121 Å². The zero-order valence-electron chi connectivity index (χ0n) is 15.1. The topological polar surface area (TPSA) is 69.2 Å². The van der Waals surface area contributed by atoms with Gasteiger partial charge in [0.1, 0.15) is 0 Å². The fourth-order valence-corrected chi connectivity index (χ4v) is 0. The predicted molar refractivity (Wildman–Crippen MR) is 77.6 cm³/mol. The monoisotopic (exact) mass is 281 g/mol. The third kappa shape index (κ3) is 146000. The summed E-state index contributed by atoms with van der Waals surface area (Å²) in [5.74, 6) is 0. The Morgan fingerprint density at radius 1 is 0.421 bits per heavy atom. The molecule has 6 nitrogen and oxygen atoms in total. The highest BCUT2D eigenvalue weighted by atomic mass is 16.5. The maximum absolute atomic E-state index is 8.42. The molecule has 0 aromatic carbocycles. The van der Waals surface area contributed by atoms with Crippen molar-refractivity contribution in [1.82, 2.24) is 0 Å². The Balaban J connectivity index is -0.0000000793. The minimum atomic E-state index is -2.92. The number of hydrogen-bond donors (Lipinski definition) is 0. The maximum atomic E-state index is 8.42. The second-order valence-electron chi connectivity index (χ2n) is 8.34. The van der Waals surface area contributed by atoms with Crippen LogP contribution in [0, 0.1) is 0 Å². The molecule has 120 valence electrons. The molecule has 7 heteroatoms. The van der Waals surface area contributed by atoms with Gasteiger partial charge in [-0.1, -0.05) is 0 Å². The van der Waals surface area contributed by atoms with Crippen molar-refractivity contribution in [1.29, 1.82) is 0 Å². The molecule has 0 saturated carbocycles. The minimum Gasteiger partial charge on any atom is -0.907 e. The summed E-state index contributed by atoms with van der Waals surface area (Å²) in [7, 11) is 22.6. The van der Waals surface area contributed by atoms with Gasteiger partial charge in [-0.25, -0.2) is 0 Å². The molecular weight excluding hydrogens is 245 g/mol. The summed E-state index contributed by atoms with van der Waals surface area (Å²) < 4.78 is 3.00. The molecule has 0 unspecified atom stereocenters. The molecule has 0 heterocycles. The average Bonchev–Trinajstić information content (AvgIpc) is 1.66. The van der Waals surface area contributed by atoms with Gasteiger partial charge in [0, 0.05) is 0 Å². The third-order valence-electron chi connectivity index (χ3n) is 0. The Morgan fingerprint density at radius 2 is 0.421 bits per heavy atom. The van der Waals surface area contributed by atoms with Crippen molar-refractivity contribution in [2.75, 3.05) is 84.6 Å². The molecule has 0 fully saturated rings. The summed E-state index contributed by atoms with van der Waals surface area (Å²) in [5.41, 5.74) is 0. The van der Waals surface area contributed by atoms with E-state index in [0.717, 1.165) is 13.4 Å². The zero-order valence-corrected chi connectivity index (χ0v) is 15.1. The molecule has 0 aliphatic heterocycles. The van der Waals surface area contributed by atoms with E-state index in [1.54, 1.807) is 0 Å². The highest BCUT2D eigenvalue weighted by Crippen LogP contribution is 1.74. The van der Waals surface area contributed by atoms with Gasteiger partial charge in [-0.2, -0.15) is 0 Å². The first-order valence-corrected chi connectivity index (χ1v) is 6.07. The fourth-order valence-electron chi connectivity index (χ4n) is 0. The molecule has 0 aromatic heterocycles. The van der Waals surface area contributed by atoms with E-state index in [0.29, 0.717) is 0 Å². The van der Waals surface area contributed by atoms with E-state index in [9.17, 15) is 0 Å². The smallest absolute Gasteiger partial charge is 0.0675 e. The Morgan fingerprint density at radius 3 is 0.421 bits per heavy atom. The minimum absolute atomic E-state index is 1.00. The van der Waals surface area contributed by atoms with Crippen molar-refractivity contribution < 1.29 is 28.5 Å². The number of rotatable bonds is 0. The SMILES string of the molecule is C[N+](C)(C)C.C[N+](C)(C)C.C[N+](C)(C)C.[O-]B([O-])[O-]. The van der Waals surface area contributed by atoms with Crippen LogP contribution in [0.1, 0.15) is 0 Å². The van der Waals surface area contributed by atoms with E-state index in [2.05, 4.69) is 84.6 Å². The van der Waals surface area contributed by atoms with Crippen LogP contribution in [0.3, 0.4) is 0 Å². The first kappa shape index (κ1) is 27.2. The molecule has 0 N–H and O–H groups in total. The fraction of sp³-hybridized carbons (Fsp3) is 1.00. The maximum Gasteiger partial charge on any atom is 0.0675 e. The molecule has 0 aliphatic carbocycles. The van der Waals surface area contributed by atoms with Gasteiger partial charge in [-0.3, -0.25) is 7.32 Å². The van der Waals surface area contributed by atoms with Crippen LogP contribution in [0.2, 0.25) is 0 Å². The van der Waals surface area contributed by atoms with Crippen LogP contribution < -0.4 is 15.1 Å². The number of nitrogens with zero attached hydrogens (tertiary/aromatic N) is 3. The lowest BCUT2D eigenvalue weighted by atomic mass is 10.3. The first-order valence-electron chi connectivity index (χ1n) is 6.07. The van der Waals surface area contributed by atoms with Crippen LogP contribution in [0.5, 0.6) is 0 Å². The molecule has 19 heavy (non-hydrogen) atoms. The average molecular weight is 281 g/mol. The van der Waals surface area contributed by atoms with Gasteiger partial charge in [0.25, 0.3) is 0 Å². The molecule has 0 radical (unpaired) electrons. The standard InChI is InChI=1S/3C4H12N.BO3/c3*1-5(2,3)4;2-1(3)4/h3*1-4H3;/q3*+1;-3. The molecule has 0 atom stereocenters. The van der Waals surface area contributed by atoms with E-state index in [1.807, 2.05) is 0 Å². The van der Waals surface area contributed by atoms with E-state index < -0.39 is 7.32 Å².